The number of pyridine rings is 1. The molecule has 3 aromatic heterocycles. The van der Waals surface area contributed by atoms with Crippen molar-refractivity contribution in [3.8, 4) is 0 Å². The first kappa shape index (κ1) is 34.6. The molecule has 6 rings (SSSR count). The number of carbonyl (C=O) groups is 2. The van der Waals surface area contributed by atoms with E-state index < -0.39 is 19.9 Å². The van der Waals surface area contributed by atoms with Gasteiger partial charge in [0, 0.05) is 52.4 Å². The van der Waals surface area contributed by atoms with Gasteiger partial charge in [-0.05, 0) is 69.4 Å². The quantitative estimate of drug-likeness (QED) is 0.127. The van der Waals surface area contributed by atoms with Crippen LogP contribution in [-0.4, -0.2) is 95.4 Å². The third-order valence-electron chi connectivity index (χ3n) is 9.97. The Morgan fingerprint density at radius 3 is 2.73 bits per heavy atom. The van der Waals surface area contributed by atoms with Crippen LogP contribution in [0.5, 0.6) is 0 Å². The first-order chi connectivity index (χ1) is 22.8. The van der Waals surface area contributed by atoms with Gasteiger partial charge >= 0.3 is 11.8 Å². The Morgan fingerprint density at radius 2 is 1.96 bits per heavy atom. The monoisotopic (exact) mass is 691 g/mol. The van der Waals surface area contributed by atoms with Crippen LogP contribution < -0.4 is 5.32 Å². The number of methoxy groups -OCH3 is 1. The van der Waals surface area contributed by atoms with E-state index in [4.69, 9.17) is 14.5 Å². The van der Waals surface area contributed by atoms with Gasteiger partial charge in [-0.25, -0.2) is 9.67 Å². The second-order valence-electron chi connectivity index (χ2n) is 15.1. The second kappa shape index (κ2) is 13.9. The van der Waals surface area contributed by atoms with Gasteiger partial charge in [0.15, 0.2) is 0 Å². The van der Waals surface area contributed by atoms with Crippen molar-refractivity contribution in [2.75, 3.05) is 45.7 Å². The van der Waals surface area contributed by atoms with E-state index >= 15 is 0 Å². The molecule has 4 aromatic rings. The molecule has 0 aliphatic carbocycles. The average molecular weight is 692 g/mol. The van der Waals surface area contributed by atoms with Crippen LogP contribution in [0.15, 0.2) is 36.8 Å². The Bertz CT molecular complexity index is 1790. The molecule has 0 unspecified atom stereocenters. The number of anilines is 1. The third kappa shape index (κ3) is 7.35. The van der Waals surface area contributed by atoms with Gasteiger partial charge in [-0.2, -0.15) is 5.10 Å². The first-order valence-corrected chi connectivity index (χ1v) is 21.5. The molecule has 0 bridgehead atoms. The lowest BCUT2D eigenvalue weighted by molar-refractivity contribution is -0.146. The van der Waals surface area contributed by atoms with Crippen molar-refractivity contribution >= 4 is 58.0 Å². The molecule has 5 heterocycles. The number of aromatic nitrogens is 4. The summed E-state index contributed by atoms with van der Waals surface area (Å²) in [6.45, 7) is 14.5. The number of nitrogens with zero attached hydrogens (tertiary/aromatic N) is 6. The Hall–Kier alpha value is -3.23. The van der Waals surface area contributed by atoms with Crippen molar-refractivity contribution in [1.29, 1.82) is 0 Å². The highest BCUT2D eigenvalue weighted by Gasteiger charge is 2.42. The van der Waals surface area contributed by atoms with Gasteiger partial charge in [-0.3, -0.25) is 14.6 Å². The summed E-state index contributed by atoms with van der Waals surface area (Å²) >= 11 is 1.73. The lowest BCUT2D eigenvalue weighted by atomic mass is 9.83. The maximum atomic E-state index is 13.9. The minimum absolute atomic E-state index is 0.212. The van der Waals surface area contributed by atoms with E-state index in [9.17, 15) is 9.59 Å². The van der Waals surface area contributed by atoms with Gasteiger partial charge in [0.05, 0.1) is 50.5 Å². The van der Waals surface area contributed by atoms with Crippen LogP contribution >= 0.6 is 11.3 Å². The number of nitrogens with one attached hydrogen (secondary N) is 1. The smallest absolute Gasteiger partial charge is 0.314 e. The summed E-state index contributed by atoms with van der Waals surface area (Å²) < 4.78 is 14.8. The molecule has 2 fully saturated rings. The number of hydrogen-bond donors (Lipinski definition) is 1. The van der Waals surface area contributed by atoms with Gasteiger partial charge in [0.25, 0.3) is 0 Å². The fraction of sp³-hybridized carbons (Fsp3) is 0.571. The summed E-state index contributed by atoms with van der Waals surface area (Å²) in [5.74, 6) is -0.747. The number of hydrogen-bond acceptors (Lipinski definition) is 9. The molecule has 1 aromatic carbocycles. The van der Waals surface area contributed by atoms with Crippen LogP contribution in [-0.2, 0) is 25.8 Å². The van der Waals surface area contributed by atoms with Crippen molar-refractivity contribution < 1.29 is 19.1 Å². The van der Waals surface area contributed by atoms with Crippen molar-refractivity contribution in [2.24, 2.45) is 5.92 Å². The van der Waals surface area contributed by atoms with Gasteiger partial charge in [-0.1, -0.05) is 32.6 Å². The molecule has 2 amide bonds. The standard InChI is InChI=1S/C35H49N7O4SSi/c1-23-8-10-29(24-9-11-30-27(16-24)39-33(47-30)26-12-13-40(3)21-35(26,2)45-4)41(20-23)34(44)32(43)38-28-19-36-17-25-18-37-42(31(25)28)22-46-14-15-48(5,6)7/h9,11,16-19,23,26,29H,8,10,12-15,20-22H2,1-7H3,(H,38,43)/t23-,26-,29+,35-/m0/s1. The average Bonchev–Trinajstić information content (AvgIpc) is 3.66. The minimum Gasteiger partial charge on any atom is -0.376 e. The molecule has 0 radical (unpaired) electrons. The van der Waals surface area contributed by atoms with Gasteiger partial charge < -0.3 is 24.6 Å². The molecular formula is C35H49N7O4SSi. The van der Waals surface area contributed by atoms with E-state index in [0.717, 1.165) is 64.6 Å². The summed E-state index contributed by atoms with van der Waals surface area (Å²) in [4.78, 5) is 41.0. The molecule has 2 aliphatic rings. The maximum Gasteiger partial charge on any atom is 0.314 e. The van der Waals surface area contributed by atoms with E-state index in [1.54, 1.807) is 46.6 Å². The van der Waals surface area contributed by atoms with Gasteiger partial charge in [0.1, 0.15) is 6.73 Å². The summed E-state index contributed by atoms with van der Waals surface area (Å²) in [7, 11) is 2.69. The Kier molecular flexibility index (Phi) is 10.1. The summed E-state index contributed by atoms with van der Waals surface area (Å²) in [5, 5.41) is 9.19. The molecule has 258 valence electrons. The van der Waals surface area contributed by atoms with Crippen LogP contribution in [0, 0.1) is 5.92 Å². The highest BCUT2D eigenvalue weighted by molar-refractivity contribution is 7.18. The van der Waals surface area contributed by atoms with Crippen molar-refractivity contribution in [2.45, 2.75) is 83.1 Å². The number of rotatable bonds is 9. The van der Waals surface area contributed by atoms with Crippen LogP contribution in [0.4, 0.5) is 5.69 Å². The van der Waals surface area contributed by atoms with Crippen LogP contribution in [0.3, 0.4) is 0 Å². The van der Waals surface area contributed by atoms with Crippen molar-refractivity contribution in [3.63, 3.8) is 0 Å². The topological polar surface area (TPSA) is 115 Å². The van der Waals surface area contributed by atoms with Crippen LogP contribution in [0.25, 0.3) is 21.1 Å². The maximum absolute atomic E-state index is 13.9. The SMILES string of the molecule is CO[C@@]1(C)CN(C)CC[C@H]1c1nc2cc([C@H]3CC[C@H](C)CN3C(=O)C(=O)Nc3cncc4cnn(COCC[Si](C)(C)C)c34)ccc2s1. The third-order valence-corrected chi connectivity index (χ3v) is 12.8. The molecule has 0 saturated carbocycles. The summed E-state index contributed by atoms with van der Waals surface area (Å²) in [5.41, 5.74) is 2.74. The largest absolute Gasteiger partial charge is 0.376 e. The second-order valence-corrected chi connectivity index (χ2v) is 21.8. The Labute approximate surface area is 288 Å². The lowest BCUT2D eigenvalue weighted by Gasteiger charge is -2.43. The number of piperidine rings is 2. The number of likely N-dealkylation sites (tertiary alicyclic amines) is 2. The number of likely N-dealkylation sites (N-methyl/N-ethyl adjacent to an activating group) is 1. The molecule has 2 aliphatic heterocycles. The van der Waals surface area contributed by atoms with Crippen molar-refractivity contribution in [3.05, 3.63) is 47.4 Å². The van der Waals surface area contributed by atoms with E-state index in [0.29, 0.717) is 24.4 Å². The number of benzene rings is 1. The molecule has 48 heavy (non-hydrogen) atoms. The molecule has 2 saturated heterocycles. The van der Waals surface area contributed by atoms with E-state index in [1.165, 1.54) is 0 Å². The van der Waals surface area contributed by atoms with E-state index in [2.05, 4.69) is 79.0 Å². The molecule has 13 heteroatoms. The normalized spacial score (nSPS) is 24.0. The predicted molar refractivity (Wildman–Crippen MR) is 193 cm³/mol. The number of thiazole rings is 1. The molecule has 1 N–H and O–H groups in total. The zero-order valence-corrected chi connectivity index (χ0v) is 31.1. The predicted octanol–water partition coefficient (Wildman–Crippen LogP) is 6.12. The molecule has 11 nitrogen and oxygen atoms in total. The van der Waals surface area contributed by atoms with Crippen LogP contribution in [0.1, 0.15) is 55.6 Å². The van der Waals surface area contributed by atoms with Crippen LogP contribution in [0.2, 0.25) is 25.7 Å². The number of amides is 2. The Balaban J connectivity index is 1.21. The zero-order chi connectivity index (χ0) is 34.2. The number of fused-ring (bicyclic) bond motifs is 2. The molecule has 4 atom stereocenters. The Morgan fingerprint density at radius 1 is 1.15 bits per heavy atom. The lowest BCUT2D eigenvalue weighted by Crippen LogP contribution is -2.50. The minimum atomic E-state index is -1.23. The molecule has 0 spiro atoms. The van der Waals surface area contributed by atoms with Gasteiger partial charge in [-0.15, -0.1) is 11.3 Å². The number of carbonyl (C=O) groups excluding carboxylic acids is 2. The highest BCUT2D eigenvalue weighted by atomic mass is 32.1. The summed E-state index contributed by atoms with van der Waals surface area (Å²) in [6, 6.07) is 7.15. The fourth-order valence-electron chi connectivity index (χ4n) is 7.08. The fourth-order valence-corrected chi connectivity index (χ4v) is 9.06. The van der Waals surface area contributed by atoms with Gasteiger partial charge in [0.2, 0.25) is 0 Å². The van der Waals surface area contributed by atoms with Crippen molar-refractivity contribution in [1.82, 2.24) is 29.5 Å². The number of ether oxygens (including phenoxy) is 2. The first-order valence-electron chi connectivity index (χ1n) is 17.0. The molecular weight excluding hydrogens is 643 g/mol. The van der Waals surface area contributed by atoms with E-state index in [1.807, 2.05) is 0 Å². The highest BCUT2D eigenvalue weighted by Crippen LogP contribution is 2.42. The zero-order valence-electron chi connectivity index (χ0n) is 29.3. The van der Waals surface area contributed by atoms with E-state index in [-0.39, 0.29) is 30.2 Å². The summed E-state index contributed by atoms with van der Waals surface area (Å²) in [6.07, 6.45) is 7.70.